The van der Waals surface area contributed by atoms with E-state index in [4.69, 9.17) is 4.74 Å². The number of amides is 1. The number of hydrogen-bond acceptors (Lipinski definition) is 5. The number of carbonyl (C=O) groups is 1. The minimum absolute atomic E-state index is 0.0504. The van der Waals surface area contributed by atoms with Gasteiger partial charge in [-0.15, -0.1) is 10.2 Å². The van der Waals surface area contributed by atoms with E-state index in [9.17, 15) is 18.0 Å². The molecule has 7 nitrogen and oxygen atoms in total. The van der Waals surface area contributed by atoms with Gasteiger partial charge in [0.1, 0.15) is 12.2 Å². The van der Waals surface area contributed by atoms with Crippen molar-refractivity contribution in [2.45, 2.75) is 50.9 Å². The van der Waals surface area contributed by atoms with E-state index < -0.39 is 17.6 Å². The van der Waals surface area contributed by atoms with Gasteiger partial charge in [0.2, 0.25) is 0 Å². The van der Waals surface area contributed by atoms with Crippen LogP contribution in [0.4, 0.5) is 18.9 Å². The number of aromatic nitrogens is 3. The summed E-state index contributed by atoms with van der Waals surface area (Å²) < 4.78 is 50.2. The fourth-order valence-corrected chi connectivity index (χ4v) is 6.20. The van der Waals surface area contributed by atoms with Crippen LogP contribution in [-0.2, 0) is 42.9 Å². The maximum Gasteiger partial charge on any atom is 0.416 e. The Balaban J connectivity index is 1.31. The first-order valence-electron chi connectivity index (χ1n) is 13.4. The van der Waals surface area contributed by atoms with Crippen LogP contribution >= 0.6 is 0 Å². The van der Waals surface area contributed by atoms with E-state index in [-0.39, 0.29) is 23.1 Å². The number of nitrogens with zero attached hydrogens (tertiary/aromatic N) is 5. The number of alkyl halides is 3. The molecule has 206 valence electrons. The first-order chi connectivity index (χ1) is 18.6. The lowest BCUT2D eigenvalue weighted by Crippen LogP contribution is -2.49. The average molecular weight is 540 g/mol. The normalized spacial score (nSPS) is 21.2. The van der Waals surface area contributed by atoms with E-state index in [1.807, 2.05) is 29.8 Å². The number of hydrogen-bond donors (Lipinski definition) is 0. The molecule has 0 bridgehead atoms. The van der Waals surface area contributed by atoms with Gasteiger partial charge in [-0.2, -0.15) is 13.2 Å². The molecular weight excluding hydrogens is 507 g/mol. The molecule has 0 N–H and O–H groups in total. The predicted octanol–water partition coefficient (Wildman–Crippen LogP) is 4.74. The highest BCUT2D eigenvalue weighted by Crippen LogP contribution is 2.42. The average Bonchev–Trinajstić information content (AvgIpc) is 3.43. The number of rotatable bonds is 6. The Morgan fingerprint density at radius 3 is 2.67 bits per heavy atom. The highest BCUT2D eigenvalue weighted by atomic mass is 19.4. The van der Waals surface area contributed by atoms with Gasteiger partial charge in [-0.1, -0.05) is 19.1 Å². The Morgan fingerprint density at radius 2 is 2.00 bits per heavy atom. The van der Waals surface area contributed by atoms with Gasteiger partial charge in [-0.05, 0) is 66.3 Å². The van der Waals surface area contributed by atoms with Crippen LogP contribution in [0.2, 0.25) is 0 Å². The second-order valence-corrected chi connectivity index (χ2v) is 11.4. The first kappa shape index (κ1) is 26.0. The molecule has 0 saturated carbocycles. The number of fused-ring (bicyclic) bond motifs is 1. The summed E-state index contributed by atoms with van der Waals surface area (Å²) in [6.07, 6.45) is -0.121. The summed E-state index contributed by atoms with van der Waals surface area (Å²) in [6.45, 7) is 5.16. The molecule has 3 aliphatic heterocycles. The van der Waals surface area contributed by atoms with Gasteiger partial charge in [-0.25, -0.2) is 0 Å². The van der Waals surface area contributed by atoms with E-state index in [0.29, 0.717) is 43.3 Å². The number of ether oxygens (including phenoxy) is 1. The van der Waals surface area contributed by atoms with Gasteiger partial charge >= 0.3 is 6.18 Å². The van der Waals surface area contributed by atoms with Crippen molar-refractivity contribution < 1.29 is 22.7 Å². The van der Waals surface area contributed by atoms with E-state index in [2.05, 4.69) is 22.0 Å². The molecule has 1 atom stereocenters. The zero-order valence-corrected chi connectivity index (χ0v) is 22.2. The van der Waals surface area contributed by atoms with Crippen molar-refractivity contribution >= 4 is 11.6 Å². The maximum absolute atomic E-state index is 14.2. The topological polar surface area (TPSA) is 63.5 Å². The third kappa shape index (κ3) is 4.84. The largest absolute Gasteiger partial charge is 0.416 e. The SMILES string of the molecule is C[C@@H]1CCCN(Cc2cc3c(c(C(F)(F)F)c2)CN(c2cccc(C4(Cc5nncn5C)COC4)c2)C3=O)C1. The Morgan fingerprint density at radius 1 is 1.18 bits per heavy atom. The van der Waals surface area contributed by atoms with Crippen molar-refractivity contribution in [2.75, 3.05) is 31.2 Å². The molecule has 3 aromatic rings. The zero-order chi connectivity index (χ0) is 27.4. The van der Waals surface area contributed by atoms with Crippen LogP contribution < -0.4 is 4.90 Å². The van der Waals surface area contributed by atoms with Crippen molar-refractivity contribution in [3.63, 3.8) is 0 Å². The molecule has 3 aliphatic rings. The molecule has 6 rings (SSSR count). The van der Waals surface area contributed by atoms with Crippen molar-refractivity contribution in [2.24, 2.45) is 13.0 Å². The highest BCUT2D eigenvalue weighted by Gasteiger charge is 2.43. The fourth-order valence-electron chi connectivity index (χ4n) is 6.20. The summed E-state index contributed by atoms with van der Waals surface area (Å²) in [5.41, 5.74) is 1.24. The van der Waals surface area contributed by atoms with Crippen LogP contribution in [-0.4, -0.2) is 51.9 Å². The van der Waals surface area contributed by atoms with E-state index in [1.54, 1.807) is 18.5 Å². The van der Waals surface area contributed by atoms with Gasteiger partial charge < -0.3 is 14.2 Å². The second kappa shape index (κ2) is 9.75. The number of anilines is 1. The maximum atomic E-state index is 14.2. The molecule has 0 aliphatic carbocycles. The minimum Gasteiger partial charge on any atom is -0.379 e. The number of likely N-dealkylation sites (tertiary alicyclic amines) is 1. The fraction of sp³-hybridized carbons (Fsp3) is 0.483. The van der Waals surface area contributed by atoms with Crippen LogP contribution in [0.3, 0.4) is 0 Å². The zero-order valence-electron chi connectivity index (χ0n) is 22.2. The molecular formula is C29H32F3N5O2. The lowest BCUT2D eigenvalue weighted by atomic mass is 9.75. The first-order valence-corrected chi connectivity index (χ1v) is 13.4. The smallest absolute Gasteiger partial charge is 0.379 e. The molecule has 2 saturated heterocycles. The number of aryl methyl sites for hydroxylation is 1. The summed E-state index contributed by atoms with van der Waals surface area (Å²) >= 11 is 0. The molecule has 4 heterocycles. The summed E-state index contributed by atoms with van der Waals surface area (Å²) in [5, 5.41) is 8.19. The van der Waals surface area contributed by atoms with E-state index in [1.165, 1.54) is 11.0 Å². The van der Waals surface area contributed by atoms with Gasteiger partial charge in [0.15, 0.2) is 0 Å². The summed E-state index contributed by atoms with van der Waals surface area (Å²) in [6, 6.07) is 10.4. The van der Waals surface area contributed by atoms with Gasteiger partial charge in [-0.3, -0.25) is 9.69 Å². The summed E-state index contributed by atoms with van der Waals surface area (Å²) in [5.74, 6) is 0.935. The van der Waals surface area contributed by atoms with Crippen LogP contribution in [0.5, 0.6) is 0 Å². The predicted molar refractivity (Wildman–Crippen MR) is 139 cm³/mol. The second-order valence-electron chi connectivity index (χ2n) is 11.4. The molecule has 0 radical (unpaired) electrons. The van der Waals surface area contributed by atoms with Gasteiger partial charge in [0.25, 0.3) is 5.91 Å². The molecule has 0 spiro atoms. The van der Waals surface area contributed by atoms with Gasteiger partial charge in [0, 0.05) is 43.2 Å². The molecule has 2 fully saturated rings. The van der Waals surface area contributed by atoms with Crippen molar-refractivity contribution in [3.05, 3.63) is 76.4 Å². The number of halogens is 3. The number of carbonyl (C=O) groups excluding carboxylic acids is 1. The summed E-state index contributed by atoms with van der Waals surface area (Å²) in [4.78, 5) is 17.3. The van der Waals surface area contributed by atoms with Crippen LogP contribution in [0.15, 0.2) is 42.7 Å². The Kier molecular flexibility index (Phi) is 6.50. The molecule has 1 amide bonds. The molecule has 39 heavy (non-hydrogen) atoms. The van der Waals surface area contributed by atoms with Crippen LogP contribution in [0, 0.1) is 5.92 Å². The third-order valence-corrected chi connectivity index (χ3v) is 8.38. The lowest BCUT2D eigenvalue weighted by molar-refractivity contribution is -0.138. The Hall–Kier alpha value is -3.24. The molecule has 1 aromatic heterocycles. The molecule has 10 heteroatoms. The Labute approximate surface area is 225 Å². The standard InChI is InChI=1S/C29H32F3N5O2/c1-19-5-4-8-36(13-19)14-20-9-23-24(25(10-20)29(30,31)32)15-37(27(23)38)22-7-3-6-21(11-22)28(16-39-17-28)12-26-34-33-18-35(26)2/h3,6-7,9-11,18-19H,4-5,8,12-17H2,1-2H3/t19-/m1/s1. The third-order valence-electron chi connectivity index (χ3n) is 8.38. The van der Waals surface area contributed by atoms with Gasteiger partial charge in [0.05, 0.1) is 25.3 Å². The minimum atomic E-state index is -4.54. The van der Waals surface area contributed by atoms with Crippen molar-refractivity contribution in [1.82, 2.24) is 19.7 Å². The molecule has 2 aromatic carbocycles. The quantitative estimate of drug-likeness (QED) is 0.453. The van der Waals surface area contributed by atoms with Crippen molar-refractivity contribution in [3.8, 4) is 0 Å². The Bertz CT molecular complexity index is 1400. The number of benzene rings is 2. The lowest BCUT2D eigenvalue weighted by Gasteiger charge is -2.42. The number of piperidine rings is 1. The van der Waals surface area contributed by atoms with E-state index in [0.717, 1.165) is 37.3 Å². The monoisotopic (exact) mass is 539 g/mol. The molecule has 0 unspecified atom stereocenters. The van der Waals surface area contributed by atoms with E-state index >= 15 is 0 Å². The highest BCUT2D eigenvalue weighted by molar-refractivity contribution is 6.10. The van der Waals surface area contributed by atoms with Crippen LogP contribution in [0.1, 0.15) is 58.2 Å². The summed E-state index contributed by atoms with van der Waals surface area (Å²) in [7, 11) is 1.89. The van der Waals surface area contributed by atoms with Crippen molar-refractivity contribution in [1.29, 1.82) is 0 Å². The van der Waals surface area contributed by atoms with Crippen LogP contribution in [0.25, 0.3) is 0 Å².